The van der Waals surface area contributed by atoms with Crippen LogP contribution in [0.25, 0.3) is 22.8 Å². The van der Waals surface area contributed by atoms with Crippen molar-refractivity contribution >= 4 is 0 Å². The van der Waals surface area contributed by atoms with Crippen LogP contribution in [-0.2, 0) is 6.42 Å². The number of aliphatic hydroxyl groups is 2. The second-order valence-electron chi connectivity index (χ2n) is 7.72. The fourth-order valence-corrected chi connectivity index (χ4v) is 3.16. The first-order valence-corrected chi connectivity index (χ1v) is 10.3. The van der Waals surface area contributed by atoms with Crippen molar-refractivity contribution in [2.75, 3.05) is 13.2 Å². The minimum atomic E-state index is -0.920. The lowest BCUT2D eigenvalue weighted by atomic mass is 10.0. The fraction of sp³-hybridized carbons (Fsp3) is 0.435. The van der Waals surface area contributed by atoms with E-state index < -0.39 is 6.10 Å². The molecule has 1 atom stereocenters. The molecule has 0 radical (unpaired) electrons. The minimum absolute atomic E-state index is 0.0251. The SMILES string of the molecule is CCc1cc(-c2nc(-c3cnc(OC(C)C)c(C)c3)no2)cc(C)c1OCC(O)CO. The quantitative estimate of drug-likeness (QED) is 0.534. The van der Waals surface area contributed by atoms with E-state index in [1.54, 1.807) is 6.20 Å². The van der Waals surface area contributed by atoms with Crippen molar-refractivity contribution in [1.29, 1.82) is 0 Å². The Morgan fingerprint density at radius 3 is 2.48 bits per heavy atom. The van der Waals surface area contributed by atoms with Gasteiger partial charge in [0.25, 0.3) is 5.89 Å². The molecule has 2 N–H and O–H groups in total. The fourth-order valence-electron chi connectivity index (χ4n) is 3.16. The van der Waals surface area contributed by atoms with E-state index >= 15 is 0 Å². The third-order valence-electron chi connectivity index (χ3n) is 4.67. The first-order valence-electron chi connectivity index (χ1n) is 10.3. The molecule has 1 unspecified atom stereocenters. The lowest BCUT2D eigenvalue weighted by Gasteiger charge is -2.16. The molecule has 3 rings (SSSR count). The van der Waals surface area contributed by atoms with Gasteiger partial charge < -0.3 is 24.2 Å². The standard InChI is InChI=1S/C23H29N3O5/c1-6-16-9-17(7-14(4)20(16)29-12-19(28)11-27)23-25-21(26-31-23)18-8-15(5)22(24-10-18)30-13(2)3/h7-10,13,19,27-28H,6,11-12H2,1-5H3. The summed E-state index contributed by atoms with van der Waals surface area (Å²) < 4.78 is 16.9. The summed E-state index contributed by atoms with van der Waals surface area (Å²) in [6, 6.07) is 5.76. The summed E-state index contributed by atoms with van der Waals surface area (Å²) >= 11 is 0. The third-order valence-corrected chi connectivity index (χ3v) is 4.67. The zero-order valence-electron chi connectivity index (χ0n) is 18.5. The van der Waals surface area contributed by atoms with Crippen LogP contribution in [-0.4, -0.2) is 50.8 Å². The maximum atomic E-state index is 9.58. The molecule has 8 nitrogen and oxygen atoms in total. The molecule has 0 aliphatic carbocycles. The summed E-state index contributed by atoms with van der Waals surface area (Å²) in [6.07, 6.45) is 1.52. The molecule has 0 saturated heterocycles. The number of nitrogens with zero attached hydrogens (tertiary/aromatic N) is 3. The molecule has 166 valence electrons. The van der Waals surface area contributed by atoms with E-state index in [1.807, 2.05) is 52.8 Å². The smallest absolute Gasteiger partial charge is 0.258 e. The van der Waals surface area contributed by atoms with Gasteiger partial charge in [-0.2, -0.15) is 4.98 Å². The van der Waals surface area contributed by atoms with Crippen molar-refractivity contribution in [3.63, 3.8) is 0 Å². The third kappa shape index (κ3) is 5.39. The molecule has 8 heteroatoms. The van der Waals surface area contributed by atoms with E-state index in [2.05, 4.69) is 15.1 Å². The van der Waals surface area contributed by atoms with Crippen molar-refractivity contribution in [3.8, 4) is 34.5 Å². The molecule has 0 spiro atoms. The number of aromatic nitrogens is 3. The van der Waals surface area contributed by atoms with E-state index in [4.69, 9.17) is 19.1 Å². The first-order chi connectivity index (χ1) is 14.8. The van der Waals surface area contributed by atoms with Crippen molar-refractivity contribution in [3.05, 3.63) is 41.1 Å². The Kier molecular flexibility index (Phi) is 7.25. The Labute approximate surface area is 181 Å². The molecule has 0 saturated carbocycles. The predicted molar refractivity (Wildman–Crippen MR) is 116 cm³/mol. The number of hydrogen-bond acceptors (Lipinski definition) is 8. The second kappa shape index (κ2) is 9.89. The largest absolute Gasteiger partial charge is 0.490 e. The summed E-state index contributed by atoms with van der Waals surface area (Å²) in [5.41, 5.74) is 4.26. The normalized spacial score (nSPS) is 12.3. The Balaban J connectivity index is 1.87. The van der Waals surface area contributed by atoms with E-state index in [0.29, 0.717) is 23.3 Å². The lowest BCUT2D eigenvalue weighted by Crippen LogP contribution is -2.22. The van der Waals surface area contributed by atoms with Crippen LogP contribution in [0.15, 0.2) is 28.9 Å². The predicted octanol–water partition coefficient (Wildman–Crippen LogP) is 3.50. The van der Waals surface area contributed by atoms with E-state index in [9.17, 15) is 5.11 Å². The molecule has 0 amide bonds. The molecule has 2 heterocycles. The van der Waals surface area contributed by atoms with Gasteiger partial charge in [-0.25, -0.2) is 4.98 Å². The summed E-state index contributed by atoms with van der Waals surface area (Å²) in [5, 5.41) is 22.7. The van der Waals surface area contributed by atoms with E-state index in [1.165, 1.54) is 0 Å². The average molecular weight is 428 g/mol. The van der Waals surface area contributed by atoms with Crippen LogP contribution in [0.4, 0.5) is 0 Å². The zero-order chi connectivity index (χ0) is 22.5. The molecule has 3 aromatic rings. The Morgan fingerprint density at radius 1 is 1.10 bits per heavy atom. The zero-order valence-corrected chi connectivity index (χ0v) is 18.5. The molecule has 0 fully saturated rings. The monoisotopic (exact) mass is 427 g/mol. The first kappa shape index (κ1) is 22.7. The van der Waals surface area contributed by atoms with E-state index in [0.717, 1.165) is 34.2 Å². The molecule has 0 aliphatic heterocycles. The second-order valence-corrected chi connectivity index (χ2v) is 7.72. The van der Waals surface area contributed by atoms with Crippen LogP contribution in [0.5, 0.6) is 11.6 Å². The maximum absolute atomic E-state index is 9.58. The number of pyridine rings is 1. The van der Waals surface area contributed by atoms with Crippen molar-refractivity contribution in [2.24, 2.45) is 0 Å². The van der Waals surface area contributed by atoms with Gasteiger partial charge in [0.05, 0.1) is 12.7 Å². The average Bonchev–Trinajstić information content (AvgIpc) is 3.23. The van der Waals surface area contributed by atoms with Gasteiger partial charge >= 0.3 is 0 Å². The van der Waals surface area contributed by atoms with Crippen LogP contribution in [0.3, 0.4) is 0 Å². The van der Waals surface area contributed by atoms with E-state index in [-0.39, 0.29) is 19.3 Å². The van der Waals surface area contributed by atoms with Crippen molar-refractivity contribution in [2.45, 2.75) is 53.2 Å². The molecule has 0 bridgehead atoms. The lowest BCUT2D eigenvalue weighted by molar-refractivity contribution is 0.0531. The number of ether oxygens (including phenoxy) is 2. The topological polar surface area (TPSA) is 111 Å². The van der Waals surface area contributed by atoms with Crippen LogP contribution in [0, 0.1) is 13.8 Å². The molecule has 31 heavy (non-hydrogen) atoms. The molecule has 0 aliphatic rings. The summed E-state index contributed by atoms with van der Waals surface area (Å²) in [4.78, 5) is 8.92. The van der Waals surface area contributed by atoms with Crippen LogP contribution in [0.1, 0.15) is 37.5 Å². The number of benzene rings is 1. The van der Waals surface area contributed by atoms with Gasteiger partial charge in [0.2, 0.25) is 11.7 Å². The van der Waals surface area contributed by atoms with Gasteiger partial charge in [-0.05, 0) is 63.4 Å². The van der Waals surface area contributed by atoms with Crippen LogP contribution in [0.2, 0.25) is 0 Å². The molecule has 2 aromatic heterocycles. The van der Waals surface area contributed by atoms with Crippen LogP contribution >= 0.6 is 0 Å². The summed E-state index contributed by atoms with van der Waals surface area (Å²) in [6.45, 7) is 9.46. The Morgan fingerprint density at radius 2 is 1.84 bits per heavy atom. The van der Waals surface area contributed by atoms with Crippen molar-refractivity contribution < 1.29 is 24.2 Å². The number of aliphatic hydroxyl groups excluding tert-OH is 2. The Hall–Kier alpha value is -2.97. The molecular weight excluding hydrogens is 398 g/mol. The molecule has 1 aromatic carbocycles. The number of aryl methyl sites for hydroxylation is 3. The van der Waals surface area contributed by atoms with Gasteiger partial charge in [0, 0.05) is 22.9 Å². The highest BCUT2D eigenvalue weighted by atomic mass is 16.5. The molecular formula is C23H29N3O5. The highest BCUT2D eigenvalue weighted by Gasteiger charge is 2.17. The summed E-state index contributed by atoms with van der Waals surface area (Å²) in [7, 11) is 0. The minimum Gasteiger partial charge on any atom is -0.490 e. The van der Waals surface area contributed by atoms with Gasteiger partial charge in [-0.15, -0.1) is 0 Å². The highest BCUT2D eigenvalue weighted by molar-refractivity contribution is 5.63. The Bertz CT molecular complexity index is 1030. The maximum Gasteiger partial charge on any atom is 0.258 e. The number of hydrogen-bond donors (Lipinski definition) is 2. The van der Waals surface area contributed by atoms with Gasteiger partial charge in [-0.3, -0.25) is 0 Å². The van der Waals surface area contributed by atoms with Gasteiger partial charge in [0.15, 0.2) is 0 Å². The highest BCUT2D eigenvalue weighted by Crippen LogP contribution is 2.32. The van der Waals surface area contributed by atoms with Crippen molar-refractivity contribution in [1.82, 2.24) is 15.1 Å². The van der Waals surface area contributed by atoms with Crippen LogP contribution < -0.4 is 9.47 Å². The van der Waals surface area contributed by atoms with Gasteiger partial charge in [0.1, 0.15) is 18.5 Å². The summed E-state index contributed by atoms with van der Waals surface area (Å²) in [5.74, 6) is 2.13. The van der Waals surface area contributed by atoms with Gasteiger partial charge in [-0.1, -0.05) is 12.1 Å². The number of rotatable bonds is 9.